The van der Waals surface area contributed by atoms with Gasteiger partial charge in [0.05, 0.1) is 4.88 Å². The molecule has 0 saturated carbocycles. The number of ether oxygens (including phenoxy) is 1. The molecule has 0 bridgehead atoms. The Morgan fingerprint density at radius 2 is 2.22 bits per heavy atom. The van der Waals surface area contributed by atoms with E-state index in [1.54, 1.807) is 16.0 Å². The number of thiophene rings is 1. The van der Waals surface area contributed by atoms with Crippen LogP contribution in [0.4, 0.5) is 0 Å². The van der Waals surface area contributed by atoms with Gasteiger partial charge in [-0.05, 0) is 30.9 Å². The number of nitrogens with zero attached hydrogens (tertiary/aromatic N) is 2. The predicted octanol–water partition coefficient (Wildman–Crippen LogP) is 4.16. The number of benzene rings is 1. The zero-order valence-corrected chi connectivity index (χ0v) is 13.9. The molecule has 0 amide bonds. The van der Waals surface area contributed by atoms with Gasteiger partial charge in [0, 0.05) is 17.5 Å². The number of aromatic nitrogens is 2. The molecule has 1 aromatic carbocycles. The van der Waals surface area contributed by atoms with Crippen molar-refractivity contribution in [2.75, 3.05) is 6.61 Å². The van der Waals surface area contributed by atoms with Gasteiger partial charge in [-0.25, -0.2) is 9.48 Å². The second kappa shape index (κ2) is 6.52. The Morgan fingerprint density at radius 3 is 2.96 bits per heavy atom. The molecular weight excluding hydrogens is 312 g/mol. The third-order valence-corrected chi connectivity index (χ3v) is 4.59. The molecule has 2 aromatic heterocycles. The molecule has 6 heteroatoms. The van der Waals surface area contributed by atoms with E-state index in [4.69, 9.17) is 4.74 Å². The lowest BCUT2D eigenvalue weighted by molar-refractivity contribution is 0.0676. The fourth-order valence-electron chi connectivity index (χ4n) is 2.41. The monoisotopic (exact) mass is 330 g/mol. The van der Waals surface area contributed by atoms with E-state index in [1.807, 2.05) is 19.9 Å². The molecule has 0 aliphatic heterocycles. The number of rotatable bonds is 6. The predicted molar refractivity (Wildman–Crippen MR) is 91.0 cm³/mol. The van der Waals surface area contributed by atoms with Crippen molar-refractivity contribution in [1.82, 2.24) is 9.78 Å². The molecule has 3 aromatic rings. The maximum atomic E-state index is 11.5. The minimum Gasteiger partial charge on any atom is -0.478 e. The van der Waals surface area contributed by atoms with Crippen molar-refractivity contribution >= 4 is 27.4 Å². The Hall–Kier alpha value is -2.18. The van der Waals surface area contributed by atoms with Crippen molar-refractivity contribution < 1.29 is 14.6 Å². The van der Waals surface area contributed by atoms with Crippen LogP contribution in [0.25, 0.3) is 20.7 Å². The van der Waals surface area contributed by atoms with Crippen molar-refractivity contribution in [2.24, 2.45) is 0 Å². The van der Waals surface area contributed by atoms with Crippen LogP contribution in [-0.4, -0.2) is 27.5 Å². The lowest BCUT2D eigenvalue weighted by atomic mass is 10.1. The van der Waals surface area contributed by atoms with E-state index in [1.165, 1.54) is 11.8 Å². The van der Waals surface area contributed by atoms with Crippen LogP contribution >= 0.6 is 11.3 Å². The fraction of sp³-hybridized carbons (Fsp3) is 0.294. The maximum Gasteiger partial charge on any atom is 0.339 e. The minimum atomic E-state index is -0.977. The normalized spacial score (nSPS) is 11.2. The van der Waals surface area contributed by atoms with E-state index in [0.29, 0.717) is 12.3 Å². The number of fused-ring (bicyclic) bond motifs is 1. The van der Waals surface area contributed by atoms with Crippen LogP contribution in [-0.2, 0) is 11.5 Å². The van der Waals surface area contributed by atoms with Crippen LogP contribution in [0.5, 0.6) is 0 Å². The Kier molecular flexibility index (Phi) is 4.45. The fourth-order valence-corrected chi connectivity index (χ4v) is 3.45. The Bertz CT molecular complexity index is 851. The average Bonchev–Trinajstić information content (AvgIpc) is 3.10. The molecule has 0 atom stereocenters. The lowest BCUT2D eigenvalue weighted by Gasteiger charge is -2.01. The van der Waals surface area contributed by atoms with Gasteiger partial charge in [-0.15, -0.1) is 11.3 Å². The van der Waals surface area contributed by atoms with Gasteiger partial charge < -0.3 is 9.84 Å². The second-order valence-electron chi connectivity index (χ2n) is 5.43. The van der Waals surface area contributed by atoms with Crippen molar-refractivity contribution in [3.05, 3.63) is 41.6 Å². The van der Waals surface area contributed by atoms with Crippen LogP contribution in [0.3, 0.4) is 0 Å². The molecule has 3 rings (SSSR count). The third-order valence-electron chi connectivity index (χ3n) is 3.47. The van der Waals surface area contributed by atoms with E-state index >= 15 is 0 Å². The molecule has 0 aliphatic rings. The summed E-state index contributed by atoms with van der Waals surface area (Å²) in [7, 11) is 0. The van der Waals surface area contributed by atoms with E-state index in [9.17, 15) is 9.90 Å². The molecule has 5 nitrogen and oxygen atoms in total. The zero-order valence-electron chi connectivity index (χ0n) is 13.1. The van der Waals surface area contributed by atoms with E-state index in [-0.39, 0.29) is 12.3 Å². The average molecular weight is 330 g/mol. The summed E-state index contributed by atoms with van der Waals surface area (Å²) in [6.07, 6.45) is 2.44. The first-order valence-corrected chi connectivity index (χ1v) is 8.29. The summed E-state index contributed by atoms with van der Waals surface area (Å²) in [6.45, 7) is 4.95. The summed E-state index contributed by atoms with van der Waals surface area (Å²) in [4.78, 5) is 12.4. The van der Waals surface area contributed by atoms with E-state index in [0.717, 1.165) is 21.4 Å². The Balaban J connectivity index is 2.00. The van der Waals surface area contributed by atoms with Gasteiger partial charge in [-0.2, -0.15) is 5.10 Å². The molecule has 0 fully saturated rings. The summed E-state index contributed by atoms with van der Waals surface area (Å²) in [5.41, 5.74) is 1.88. The van der Waals surface area contributed by atoms with Gasteiger partial charge in [0.2, 0.25) is 0 Å². The van der Waals surface area contributed by atoms with Crippen LogP contribution in [0.15, 0.2) is 30.5 Å². The third kappa shape index (κ3) is 3.28. The molecule has 0 aliphatic carbocycles. The van der Waals surface area contributed by atoms with Gasteiger partial charge in [0.1, 0.15) is 18.0 Å². The van der Waals surface area contributed by atoms with Crippen LogP contribution in [0, 0.1) is 6.92 Å². The number of aromatic carboxylic acids is 1. The summed E-state index contributed by atoms with van der Waals surface area (Å²) in [6, 6.07) is 8.20. The van der Waals surface area contributed by atoms with Crippen molar-refractivity contribution in [1.29, 1.82) is 0 Å². The van der Waals surface area contributed by atoms with Crippen molar-refractivity contribution in [2.45, 2.75) is 27.0 Å². The highest BCUT2D eigenvalue weighted by Crippen LogP contribution is 2.34. The first kappa shape index (κ1) is 15.7. The highest BCUT2D eigenvalue weighted by atomic mass is 32.1. The summed E-state index contributed by atoms with van der Waals surface area (Å²) >= 11 is 1.55. The van der Waals surface area contributed by atoms with Crippen LogP contribution < -0.4 is 0 Å². The zero-order chi connectivity index (χ0) is 16.4. The van der Waals surface area contributed by atoms with E-state index in [2.05, 4.69) is 23.3 Å². The maximum absolute atomic E-state index is 11.5. The van der Waals surface area contributed by atoms with Gasteiger partial charge in [-0.1, -0.05) is 24.6 Å². The van der Waals surface area contributed by atoms with Gasteiger partial charge in [-0.3, -0.25) is 0 Å². The van der Waals surface area contributed by atoms with Crippen LogP contribution in [0.2, 0.25) is 0 Å². The van der Waals surface area contributed by atoms with Gasteiger partial charge in [0.15, 0.2) is 0 Å². The molecular formula is C17H18N2O3S. The second-order valence-corrected chi connectivity index (χ2v) is 6.51. The number of aryl methyl sites for hydroxylation is 1. The number of carbonyl (C=O) groups is 1. The number of carboxylic acids is 1. The molecule has 23 heavy (non-hydrogen) atoms. The topological polar surface area (TPSA) is 64.3 Å². The quantitative estimate of drug-likeness (QED) is 0.689. The van der Waals surface area contributed by atoms with E-state index < -0.39 is 5.97 Å². The standard InChI is InChI=1S/C17H18N2O3S/c1-3-6-22-10-19-9-13(17(20)21)16(18-19)15-8-12-7-11(2)4-5-14(12)23-15/h4-5,7-9H,3,6,10H2,1-2H3,(H,20,21). The number of carboxylic acid groups (broad SMARTS) is 1. The number of hydrogen-bond donors (Lipinski definition) is 1. The SMILES string of the molecule is CCCOCn1cc(C(=O)O)c(-c2cc3cc(C)ccc3s2)n1. The summed E-state index contributed by atoms with van der Waals surface area (Å²) < 4.78 is 8.11. The molecule has 0 spiro atoms. The first-order valence-electron chi connectivity index (χ1n) is 7.47. The summed E-state index contributed by atoms with van der Waals surface area (Å²) in [5.74, 6) is -0.977. The van der Waals surface area contributed by atoms with Gasteiger partial charge in [0.25, 0.3) is 0 Å². The minimum absolute atomic E-state index is 0.202. The van der Waals surface area contributed by atoms with Gasteiger partial charge >= 0.3 is 5.97 Å². The highest BCUT2D eigenvalue weighted by molar-refractivity contribution is 7.22. The molecule has 0 unspecified atom stereocenters. The van der Waals surface area contributed by atoms with Crippen molar-refractivity contribution in [3.63, 3.8) is 0 Å². The Labute approximate surface area is 138 Å². The first-order chi connectivity index (χ1) is 11.1. The highest BCUT2D eigenvalue weighted by Gasteiger charge is 2.19. The largest absolute Gasteiger partial charge is 0.478 e. The molecule has 1 N–H and O–H groups in total. The lowest BCUT2D eigenvalue weighted by Crippen LogP contribution is -2.03. The summed E-state index contributed by atoms with van der Waals surface area (Å²) in [5, 5.41) is 15.0. The smallest absolute Gasteiger partial charge is 0.339 e. The number of hydrogen-bond acceptors (Lipinski definition) is 4. The Morgan fingerprint density at radius 1 is 1.39 bits per heavy atom. The molecule has 2 heterocycles. The molecule has 0 saturated heterocycles. The van der Waals surface area contributed by atoms with Crippen molar-refractivity contribution in [3.8, 4) is 10.6 Å². The van der Waals surface area contributed by atoms with Crippen LogP contribution in [0.1, 0.15) is 29.3 Å². The molecule has 0 radical (unpaired) electrons. The molecule has 120 valence electrons.